The lowest BCUT2D eigenvalue weighted by atomic mass is 10.1. The molecular formula is C21H18N8O3S. The number of rotatable bonds is 8. The van der Waals surface area contributed by atoms with Crippen LogP contribution in [0, 0.1) is 10.1 Å². The van der Waals surface area contributed by atoms with Gasteiger partial charge in [0.05, 0.1) is 16.9 Å². The number of anilines is 2. The van der Waals surface area contributed by atoms with Crippen molar-refractivity contribution in [3.8, 4) is 0 Å². The molecule has 1 heterocycles. The van der Waals surface area contributed by atoms with E-state index in [4.69, 9.17) is 5.84 Å². The van der Waals surface area contributed by atoms with Crippen molar-refractivity contribution >= 4 is 52.0 Å². The van der Waals surface area contributed by atoms with Crippen LogP contribution in [0.15, 0.2) is 77.0 Å². The van der Waals surface area contributed by atoms with E-state index in [-0.39, 0.29) is 23.3 Å². The zero-order chi connectivity index (χ0) is 23.2. The van der Waals surface area contributed by atoms with Crippen LogP contribution in [0.2, 0.25) is 0 Å². The summed E-state index contributed by atoms with van der Waals surface area (Å²) in [6.45, 7) is 0. The third-order valence-corrected chi connectivity index (χ3v) is 5.46. The Hall–Kier alpha value is -4.45. The minimum Gasteiger partial charge on any atom is -0.334 e. The number of nitrogens with two attached hydrogens (primary N) is 1. The first-order valence-electron chi connectivity index (χ1n) is 9.66. The van der Waals surface area contributed by atoms with Gasteiger partial charge in [0.15, 0.2) is 0 Å². The first kappa shape index (κ1) is 21.8. The van der Waals surface area contributed by atoms with Gasteiger partial charge in [0.1, 0.15) is 0 Å². The number of nitrogens with one attached hydrogen (secondary N) is 2. The van der Waals surface area contributed by atoms with Gasteiger partial charge < -0.3 is 11.2 Å². The molecule has 0 aliphatic rings. The van der Waals surface area contributed by atoms with Crippen molar-refractivity contribution in [1.82, 2.24) is 14.9 Å². The Bertz CT molecular complexity index is 1350. The molecule has 0 aliphatic carbocycles. The molecule has 0 bridgehead atoms. The van der Waals surface area contributed by atoms with Gasteiger partial charge in [-0.25, -0.2) is 10.1 Å². The molecule has 0 fully saturated rings. The van der Waals surface area contributed by atoms with E-state index >= 15 is 0 Å². The largest absolute Gasteiger partial charge is 0.334 e. The van der Waals surface area contributed by atoms with E-state index in [0.29, 0.717) is 10.7 Å². The molecule has 0 atom stereocenters. The number of thioether (sulfide) groups is 1. The van der Waals surface area contributed by atoms with E-state index in [9.17, 15) is 14.9 Å². The summed E-state index contributed by atoms with van der Waals surface area (Å²) >= 11 is 1.12. The van der Waals surface area contributed by atoms with Crippen LogP contribution in [0.25, 0.3) is 10.8 Å². The van der Waals surface area contributed by atoms with Crippen LogP contribution in [-0.4, -0.2) is 37.7 Å². The SMILES string of the molecule is Nn1c(N/N=C/c2cccc([N+](=O)[O-])c2)nnc1SCC(=O)Nc1cccc2ccccc12. The highest BCUT2D eigenvalue weighted by Gasteiger charge is 2.13. The average molecular weight is 462 g/mol. The maximum Gasteiger partial charge on any atom is 0.270 e. The molecule has 0 saturated heterocycles. The lowest BCUT2D eigenvalue weighted by molar-refractivity contribution is -0.384. The van der Waals surface area contributed by atoms with Crippen LogP contribution in [0.1, 0.15) is 5.56 Å². The lowest BCUT2D eigenvalue weighted by Crippen LogP contribution is -2.17. The summed E-state index contributed by atoms with van der Waals surface area (Å²) in [5.74, 6) is 5.99. The molecule has 12 heteroatoms. The third-order valence-electron chi connectivity index (χ3n) is 4.52. The minimum absolute atomic E-state index is 0.0404. The van der Waals surface area contributed by atoms with Gasteiger partial charge in [0, 0.05) is 28.8 Å². The quantitative estimate of drug-likeness (QED) is 0.119. The summed E-state index contributed by atoms with van der Waals surface area (Å²) in [5, 5.41) is 27.9. The van der Waals surface area contributed by atoms with Crippen molar-refractivity contribution in [2.24, 2.45) is 5.10 Å². The molecule has 33 heavy (non-hydrogen) atoms. The fraction of sp³-hybridized carbons (Fsp3) is 0.0476. The number of nitrogens with zero attached hydrogens (tertiary/aromatic N) is 5. The van der Waals surface area contributed by atoms with E-state index in [2.05, 4.69) is 26.0 Å². The zero-order valence-corrected chi connectivity index (χ0v) is 17.9. The Kier molecular flexibility index (Phi) is 6.45. The molecule has 0 saturated carbocycles. The van der Waals surface area contributed by atoms with Crippen molar-refractivity contribution in [3.63, 3.8) is 0 Å². The van der Waals surface area contributed by atoms with Gasteiger partial charge in [0.25, 0.3) is 11.6 Å². The number of carbonyl (C=O) groups excluding carboxylic acids is 1. The van der Waals surface area contributed by atoms with Crippen molar-refractivity contribution in [1.29, 1.82) is 0 Å². The Morgan fingerprint density at radius 3 is 2.79 bits per heavy atom. The molecule has 0 unspecified atom stereocenters. The number of hydrogen-bond acceptors (Lipinski definition) is 9. The number of hydrogen-bond donors (Lipinski definition) is 3. The Morgan fingerprint density at radius 2 is 1.94 bits per heavy atom. The van der Waals surface area contributed by atoms with Crippen LogP contribution >= 0.6 is 11.8 Å². The molecule has 4 rings (SSSR count). The first-order valence-corrected chi connectivity index (χ1v) is 10.6. The predicted octanol–water partition coefficient (Wildman–Crippen LogP) is 3.23. The lowest BCUT2D eigenvalue weighted by Gasteiger charge is -2.08. The van der Waals surface area contributed by atoms with Gasteiger partial charge in [-0.05, 0) is 11.5 Å². The van der Waals surface area contributed by atoms with Crippen LogP contribution in [0.5, 0.6) is 0 Å². The minimum atomic E-state index is -0.485. The number of aromatic nitrogens is 3. The van der Waals surface area contributed by atoms with Gasteiger partial charge in [-0.1, -0.05) is 60.3 Å². The number of nitrogen functional groups attached to an aromatic ring is 1. The Labute approximate surface area is 191 Å². The number of nitro benzene ring substituents is 1. The van der Waals surface area contributed by atoms with Crippen molar-refractivity contribution < 1.29 is 9.72 Å². The Balaban J connectivity index is 1.34. The van der Waals surface area contributed by atoms with Crippen LogP contribution in [-0.2, 0) is 4.79 Å². The highest BCUT2D eigenvalue weighted by Crippen LogP contribution is 2.24. The normalized spacial score (nSPS) is 11.0. The highest BCUT2D eigenvalue weighted by atomic mass is 32.2. The summed E-state index contributed by atoms with van der Waals surface area (Å²) in [6, 6.07) is 19.5. The number of amides is 1. The molecule has 0 aliphatic heterocycles. The fourth-order valence-corrected chi connectivity index (χ4v) is 3.64. The van der Waals surface area contributed by atoms with Gasteiger partial charge >= 0.3 is 0 Å². The first-order chi connectivity index (χ1) is 16.0. The monoisotopic (exact) mass is 462 g/mol. The number of benzene rings is 3. The molecule has 0 radical (unpaired) electrons. The summed E-state index contributed by atoms with van der Waals surface area (Å²) in [7, 11) is 0. The summed E-state index contributed by atoms with van der Waals surface area (Å²) < 4.78 is 1.17. The molecular weight excluding hydrogens is 444 g/mol. The zero-order valence-electron chi connectivity index (χ0n) is 17.1. The van der Waals surface area contributed by atoms with Gasteiger partial charge in [-0.2, -0.15) is 5.10 Å². The van der Waals surface area contributed by atoms with Crippen molar-refractivity contribution in [2.45, 2.75) is 5.16 Å². The molecule has 0 spiro atoms. The van der Waals surface area contributed by atoms with E-state index in [1.54, 1.807) is 12.1 Å². The molecule has 4 N–H and O–H groups in total. The van der Waals surface area contributed by atoms with Crippen LogP contribution < -0.4 is 16.6 Å². The third kappa shape index (κ3) is 5.25. The molecule has 4 aromatic rings. The fourth-order valence-electron chi connectivity index (χ4n) is 2.99. The number of non-ortho nitro benzene ring substituents is 1. The van der Waals surface area contributed by atoms with Crippen molar-refractivity contribution in [3.05, 3.63) is 82.4 Å². The molecule has 11 nitrogen and oxygen atoms in total. The number of fused-ring (bicyclic) bond motifs is 1. The van der Waals surface area contributed by atoms with Crippen LogP contribution in [0.4, 0.5) is 17.3 Å². The summed E-state index contributed by atoms with van der Waals surface area (Å²) in [5.41, 5.74) is 3.84. The summed E-state index contributed by atoms with van der Waals surface area (Å²) in [6.07, 6.45) is 1.39. The van der Waals surface area contributed by atoms with E-state index in [0.717, 1.165) is 28.2 Å². The maximum absolute atomic E-state index is 12.4. The number of hydrazone groups is 1. The maximum atomic E-state index is 12.4. The Morgan fingerprint density at radius 1 is 1.15 bits per heavy atom. The van der Waals surface area contributed by atoms with E-state index < -0.39 is 4.92 Å². The predicted molar refractivity (Wildman–Crippen MR) is 128 cm³/mol. The second-order valence-electron chi connectivity index (χ2n) is 6.76. The highest BCUT2D eigenvalue weighted by molar-refractivity contribution is 7.99. The second-order valence-corrected chi connectivity index (χ2v) is 7.70. The van der Waals surface area contributed by atoms with E-state index in [1.165, 1.54) is 23.0 Å². The average Bonchev–Trinajstić information content (AvgIpc) is 3.17. The molecule has 1 aromatic heterocycles. The topological polar surface area (TPSA) is 153 Å². The number of carbonyl (C=O) groups is 1. The van der Waals surface area contributed by atoms with E-state index in [1.807, 2.05) is 42.5 Å². The molecule has 3 aromatic carbocycles. The van der Waals surface area contributed by atoms with Gasteiger partial charge in [-0.15, -0.1) is 10.2 Å². The second kappa shape index (κ2) is 9.78. The van der Waals surface area contributed by atoms with Gasteiger partial charge in [-0.3, -0.25) is 14.9 Å². The number of nitro groups is 1. The van der Waals surface area contributed by atoms with Gasteiger partial charge in [0.2, 0.25) is 11.1 Å². The smallest absolute Gasteiger partial charge is 0.270 e. The molecule has 1 amide bonds. The van der Waals surface area contributed by atoms with Crippen LogP contribution in [0.3, 0.4) is 0 Å². The van der Waals surface area contributed by atoms with Crippen molar-refractivity contribution in [2.75, 3.05) is 22.3 Å². The standard InChI is InChI=1S/C21H18N8O3S/c22-28-20(25-23-12-14-5-3-8-16(11-14)29(31)32)26-27-21(28)33-13-19(30)24-18-10-4-7-15-6-1-2-9-17(15)18/h1-12H,13,22H2,(H,24,30)(H,25,26)/b23-12+. The molecule has 166 valence electrons. The summed E-state index contributed by atoms with van der Waals surface area (Å²) in [4.78, 5) is 22.8.